The molecule has 9 atom stereocenters. The van der Waals surface area contributed by atoms with E-state index in [1.807, 2.05) is 0 Å². The van der Waals surface area contributed by atoms with Crippen LogP contribution in [0.2, 0.25) is 0 Å². The molecule has 14 nitrogen and oxygen atoms in total. The predicted octanol–water partition coefficient (Wildman–Crippen LogP) is 5.74. The van der Waals surface area contributed by atoms with Crippen LogP contribution in [0.25, 0.3) is 10.8 Å². The molecule has 0 spiro atoms. The molecule has 1 saturated heterocycles. The Morgan fingerprint density at radius 1 is 0.930 bits per heavy atom. The van der Waals surface area contributed by atoms with Gasteiger partial charge >= 0.3 is 11.8 Å². The third kappa shape index (κ3) is 8.50. The molecule has 5 bridgehead atoms. The van der Waals surface area contributed by atoms with Gasteiger partial charge in [0, 0.05) is 73.3 Å². The van der Waals surface area contributed by atoms with Crippen LogP contribution in [0.3, 0.4) is 0 Å². The highest BCUT2D eigenvalue weighted by Gasteiger charge is 2.50. The van der Waals surface area contributed by atoms with E-state index in [0.29, 0.717) is 13.1 Å². The number of rotatable bonds is 4. The van der Waals surface area contributed by atoms with Crippen molar-refractivity contribution in [2.45, 2.75) is 111 Å². The fraction of sp³-hybridized carbons (Fsp3) is 0.558. The number of Topliss-reactive ketones (excluding diaryl/α,β-unsaturated/α-hetero) is 1. The van der Waals surface area contributed by atoms with Gasteiger partial charge in [0.05, 0.1) is 41.2 Å². The Bertz CT molecular complexity index is 1970. The summed E-state index contributed by atoms with van der Waals surface area (Å²) in [5.74, 6) is -7.77. The Morgan fingerprint density at radius 3 is 2.23 bits per heavy atom. The third-order valence-corrected chi connectivity index (χ3v) is 11.9. The van der Waals surface area contributed by atoms with Crippen molar-refractivity contribution in [3.63, 3.8) is 0 Å². The molecule has 0 saturated carbocycles. The predicted molar refractivity (Wildman–Crippen MR) is 213 cm³/mol. The number of aromatic hydroxyl groups is 3. The van der Waals surface area contributed by atoms with E-state index < -0.39 is 88.8 Å². The third-order valence-electron chi connectivity index (χ3n) is 11.9. The summed E-state index contributed by atoms with van der Waals surface area (Å²) in [5, 5.41) is 60.8. The van der Waals surface area contributed by atoms with Gasteiger partial charge < -0.3 is 49.8 Å². The molecule has 6 N–H and O–H groups in total. The maximum Gasteiger partial charge on any atom is 0.312 e. The average Bonchev–Trinajstić information content (AvgIpc) is 3.44. The first-order chi connectivity index (χ1) is 26.8. The van der Waals surface area contributed by atoms with Crippen LogP contribution >= 0.6 is 0 Å². The monoisotopic (exact) mass is 794 g/mol. The molecule has 0 aliphatic carbocycles. The number of allylic oxidation sites excluding steroid dienone is 2. The minimum absolute atomic E-state index is 0.0488. The van der Waals surface area contributed by atoms with Gasteiger partial charge in [0.1, 0.15) is 23.4 Å². The Hall–Kier alpha value is -4.63. The van der Waals surface area contributed by atoms with Gasteiger partial charge in [-0.3, -0.25) is 19.3 Å². The van der Waals surface area contributed by atoms with Gasteiger partial charge in [0.2, 0.25) is 0 Å². The summed E-state index contributed by atoms with van der Waals surface area (Å²) in [6.07, 6.45) is 6.63. The van der Waals surface area contributed by atoms with Gasteiger partial charge in [-0.25, -0.2) is 0 Å². The number of nitrogens with one attached hydrogen (secondary N) is 1. The van der Waals surface area contributed by atoms with Crippen LogP contribution in [0.4, 0.5) is 5.69 Å². The normalized spacial score (nSPS) is 32.6. The number of benzene rings is 2. The number of aliphatic hydroxyl groups is 2. The number of amides is 1. The minimum Gasteiger partial charge on any atom is -0.507 e. The highest BCUT2D eigenvalue weighted by molar-refractivity contribution is 6.22. The van der Waals surface area contributed by atoms with Crippen LogP contribution in [0, 0.1) is 30.6 Å². The lowest BCUT2D eigenvalue weighted by molar-refractivity contribution is -0.160. The van der Waals surface area contributed by atoms with Gasteiger partial charge in [-0.1, -0.05) is 52.3 Å². The van der Waals surface area contributed by atoms with Crippen molar-refractivity contribution in [2.24, 2.45) is 23.7 Å². The van der Waals surface area contributed by atoms with Crippen molar-refractivity contribution in [1.82, 2.24) is 4.90 Å². The molecular weight excluding hydrogens is 736 g/mol. The number of phenols is 3. The number of hydrogen-bond donors (Lipinski definition) is 6. The maximum atomic E-state index is 14.4. The first-order valence-electron chi connectivity index (χ1n) is 19.6. The van der Waals surface area contributed by atoms with Crippen LogP contribution in [0.15, 0.2) is 36.1 Å². The van der Waals surface area contributed by atoms with Crippen molar-refractivity contribution in [3.8, 4) is 23.0 Å². The van der Waals surface area contributed by atoms with E-state index in [-0.39, 0.29) is 51.0 Å². The second kappa shape index (κ2) is 17.5. The summed E-state index contributed by atoms with van der Waals surface area (Å²) in [6, 6.07) is 0. The van der Waals surface area contributed by atoms with Crippen LogP contribution in [-0.4, -0.2) is 98.5 Å². The van der Waals surface area contributed by atoms with Gasteiger partial charge in [0.15, 0.2) is 5.75 Å². The van der Waals surface area contributed by atoms with Gasteiger partial charge in [-0.15, -0.1) is 0 Å². The van der Waals surface area contributed by atoms with Crippen molar-refractivity contribution in [3.05, 3.63) is 52.8 Å². The summed E-state index contributed by atoms with van der Waals surface area (Å²) in [5.41, 5.74) is 0.236. The molecule has 2 aromatic rings. The largest absolute Gasteiger partial charge is 0.507 e. The number of hydrogen-bond acceptors (Lipinski definition) is 13. The molecule has 1 fully saturated rings. The second-order valence-electron chi connectivity index (χ2n) is 16.0. The van der Waals surface area contributed by atoms with E-state index in [1.165, 1.54) is 46.3 Å². The molecule has 9 unspecified atom stereocenters. The van der Waals surface area contributed by atoms with E-state index in [9.17, 15) is 39.9 Å². The summed E-state index contributed by atoms with van der Waals surface area (Å²) in [4.78, 5) is 42.6. The fourth-order valence-corrected chi connectivity index (χ4v) is 8.28. The summed E-state index contributed by atoms with van der Waals surface area (Å²) >= 11 is 0. The molecule has 312 valence electrons. The topological polar surface area (TPSA) is 205 Å². The van der Waals surface area contributed by atoms with E-state index in [4.69, 9.17) is 18.9 Å². The number of phenolic OH excluding ortho intramolecular Hbond substituents is 3. The van der Waals surface area contributed by atoms with Gasteiger partial charge in [0.25, 0.3) is 11.7 Å². The first kappa shape index (κ1) is 43.5. The summed E-state index contributed by atoms with van der Waals surface area (Å²) in [6.45, 7) is 14.2. The standard InChI is InChI=1S/C43H58N2O12/c1-21-14-13-15-22(2)42(53)44-33-28(20-45-17-11-10-12-18-45)37(50)30-31(38(33)51)36(49)26(6)40-32(30)41(52)43(8,57-40)55-19-16-29(54-9)23(3)39(56-27(7)46)25(5)35(48)24(4)34(21)47/h13-16,19,21,23-25,29,34-35,39,47-51H,10-12,17-18,20H2,1-9H3,(H,44,53)/b14-13+,19-16+,22-15+. The highest BCUT2D eigenvalue weighted by Crippen LogP contribution is 2.55. The number of likely N-dealkylation sites (tertiary alicyclic amines) is 1. The molecular formula is C43H58N2O12. The molecule has 0 radical (unpaired) electrons. The number of carbonyl (C=O) groups is 3. The molecule has 6 rings (SSSR count). The number of fused-ring (bicyclic) bond motifs is 14. The lowest BCUT2D eigenvalue weighted by Crippen LogP contribution is -2.46. The zero-order valence-corrected chi connectivity index (χ0v) is 34.3. The van der Waals surface area contributed by atoms with E-state index >= 15 is 0 Å². The summed E-state index contributed by atoms with van der Waals surface area (Å²) in [7, 11) is 1.45. The Labute approximate surface area is 333 Å². The lowest BCUT2D eigenvalue weighted by Gasteiger charge is -2.38. The molecule has 4 aliphatic rings. The Balaban J connectivity index is 1.70. The number of esters is 1. The number of ketones is 1. The Morgan fingerprint density at radius 2 is 1.60 bits per heavy atom. The number of methoxy groups -OCH3 is 1. The molecule has 57 heavy (non-hydrogen) atoms. The zero-order chi connectivity index (χ0) is 42.1. The molecule has 2 aromatic carbocycles. The molecule has 0 aromatic heterocycles. The van der Waals surface area contributed by atoms with Crippen LogP contribution in [0.1, 0.15) is 89.2 Å². The number of aliphatic hydroxyl groups excluding tert-OH is 2. The van der Waals surface area contributed by atoms with Crippen molar-refractivity contribution in [1.29, 1.82) is 0 Å². The zero-order valence-electron chi connectivity index (χ0n) is 34.3. The van der Waals surface area contributed by atoms with Crippen molar-refractivity contribution >= 4 is 34.1 Å². The number of anilines is 1. The van der Waals surface area contributed by atoms with E-state index in [2.05, 4.69) is 10.2 Å². The van der Waals surface area contributed by atoms with Crippen LogP contribution < -0.4 is 10.1 Å². The summed E-state index contributed by atoms with van der Waals surface area (Å²) < 4.78 is 23.6. The molecule has 4 heterocycles. The second-order valence-corrected chi connectivity index (χ2v) is 16.0. The molecule has 14 heteroatoms. The van der Waals surface area contributed by atoms with Crippen LogP contribution in [-0.2, 0) is 30.3 Å². The molecule has 4 aliphatic heterocycles. The lowest BCUT2D eigenvalue weighted by atomic mass is 9.78. The highest BCUT2D eigenvalue weighted by atomic mass is 16.7. The minimum atomic E-state index is -2.00. The maximum absolute atomic E-state index is 14.4. The van der Waals surface area contributed by atoms with Crippen molar-refractivity contribution in [2.75, 3.05) is 25.5 Å². The smallest absolute Gasteiger partial charge is 0.312 e. The number of piperidine rings is 1. The number of nitrogens with zero attached hydrogens (tertiary/aromatic N) is 1. The average molecular weight is 795 g/mol. The van der Waals surface area contributed by atoms with E-state index in [0.717, 1.165) is 19.3 Å². The number of carbonyl (C=O) groups excluding carboxylic acids is 3. The number of ether oxygens (including phenoxy) is 4. The van der Waals surface area contributed by atoms with Gasteiger partial charge in [-0.2, -0.15) is 0 Å². The Kier molecular flexibility index (Phi) is 13.3. The van der Waals surface area contributed by atoms with Gasteiger partial charge in [-0.05, 0) is 45.9 Å². The fourth-order valence-electron chi connectivity index (χ4n) is 8.28. The first-order valence-corrected chi connectivity index (χ1v) is 19.6. The quantitative estimate of drug-likeness (QED) is 0.124. The molecule has 1 amide bonds. The van der Waals surface area contributed by atoms with Crippen molar-refractivity contribution < 1.29 is 58.9 Å². The van der Waals surface area contributed by atoms with E-state index in [1.54, 1.807) is 46.8 Å². The van der Waals surface area contributed by atoms with Crippen LogP contribution in [0.5, 0.6) is 23.0 Å². The SMILES string of the molecule is COC1/C=C/OC2(C)Oc3c(C)c(O)c4c(O)c(c(CN5CCCCC5)c(O)c4c3C2=O)NC(=O)/C(C)=C/C=C/C(C)C(O)C(C)C(O)C(C)C(OC(C)=O)C1C.